The first-order valence-electron chi connectivity index (χ1n) is 5.19. The lowest BCUT2D eigenvalue weighted by molar-refractivity contribution is -0.119. The van der Waals surface area contributed by atoms with E-state index >= 15 is 0 Å². The molecule has 0 fully saturated rings. The number of thioether (sulfide) groups is 1. The maximum Gasteiger partial charge on any atom is 0.446 e. The maximum atomic E-state index is 12.3. The van der Waals surface area contributed by atoms with Gasteiger partial charge in [-0.2, -0.15) is 13.2 Å². The Balaban J connectivity index is 2.86. The quantitative estimate of drug-likeness (QED) is 0.833. The minimum absolute atomic E-state index is 0.0393. The molecular weight excluding hydrogens is 265 g/mol. The molecule has 1 atom stereocenters. The van der Waals surface area contributed by atoms with Gasteiger partial charge in [0.05, 0.1) is 5.69 Å². The second kappa shape index (κ2) is 6.10. The van der Waals surface area contributed by atoms with Crippen LogP contribution < -0.4 is 11.1 Å². The number of nitrogens with two attached hydrogens (primary N) is 1. The van der Waals surface area contributed by atoms with E-state index in [2.05, 4.69) is 5.32 Å². The topological polar surface area (TPSA) is 55.1 Å². The molecule has 0 aliphatic heterocycles. The van der Waals surface area contributed by atoms with Crippen LogP contribution in [0, 0.1) is 5.92 Å². The first-order valence-corrected chi connectivity index (χ1v) is 6.01. The molecular formula is C11H13F3N2OS. The van der Waals surface area contributed by atoms with Gasteiger partial charge in [-0.05, 0) is 23.9 Å². The molecule has 1 aromatic carbocycles. The van der Waals surface area contributed by atoms with Crippen LogP contribution in [-0.2, 0) is 4.79 Å². The largest absolute Gasteiger partial charge is 0.446 e. The Morgan fingerprint density at radius 2 is 2.06 bits per heavy atom. The van der Waals surface area contributed by atoms with Gasteiger partial charge in [-0.15, -0.1) is 0 Å². The SMILES string of the molecule is CC(CN)C(=O)Nc1ccccc1SC(F)(F)F. The van der Waals surface area contributed by atoms with E-state index in [1.54, 1.807) is 13.0 Å². The van der Waals surface area contributed by atoms with Gasteiger partial charge < -0.3 is 11.1 Å². The molecule has 1 aromatic rings. The summed E-state index contributed by atoms with van der Waals surface area (Å²) in [7, 11) is 0. The number of benzene rings is 1. The van der Waals surface area contributed by atoms with E-state index in [9.17, 15) is 18.0 Å². The number of alkyl halides is 3. The fourth-order valence-corrected chi connectivity index (χ4v) is 1.77. The number of amides is 1. The lowest BCUT2D eigenvalue weighted by atomic mass is 10.1. The van der Waals surface area contributed by atoms with E-state index in [4.69, 9.17) is 5.73 Å². The van der Waals surface area contributed by atoms with Crippen LogP contribution in [0.2, 0.25) is 0 Å². The summed E-state index contributed by atoms with van der Waals surface area (Å²) in [5.41, 5.74) is 1.08. The van der Waals surface area contributed by atoms with Crippen molar-refractivity contribution in [3.05, 3.63) is 24.3 Å². The summed E-state index contributed by atoms with van der Waals surface area (Å²) < 4.78 is 36.9. The normalized spacial score (nSPS) is 13.2. The molecule has 1 rings (SSSR count). The van der Waals surface area contributed by atoms with Crippen molar-refractivity contribution in [1.29, 1.82) is 0 Å². The van der Waals surface area contributed by atoms with Crippen molar-refractivity contribution >= 4 is 23.4 Å². The zero-order valence-electron chi connectivity index (χ0n) is 9.62. The molecule has 0 aromatic heterocycles. The Kier molecular flexibility index (Phi) is 5.03. The summed E-state index contributed by atoms with van der Waals surface area (Å²) in [5.74, 6) is -0.846. The van der Waals surface area contributed by atoms with Crippen LogP contribution in [0.3, 0.4) is 0 Å². The third-order valence-electron chi connectivity index (χ3n) is 2.17. The molecule has 0 saturated heterocycles. The fraction of sp³-hybridized carbons (Fsp3) is 0.364. The first kappa shape index (κ1) is 14.8. The number of para-hydroxylation sites is 1. The Bertz CT molecular complexity index is 423. The van der Waals surface area contributed by atoms with Gasteiger partial charge >= 0.3 is 5.51 Å². The van der Waals surface area contributed by atoms with Crippen molar-refractivity contribution in [2.45, 2.75) is 17.3 Å². The second-order valence-electron chi connectivity index (χ2n) is 3.67. The van der Waals surface area contributed by atoms with E-state index < -0.39 is 17.3 Å². The predicted molar refractivity (Wildman–Crippen MR) is 65.2 cm³/mol. The smallest absolute Gasteiger partial charge is 0.330 e. The van der Waals surface area contributed by atoms with Gasteiger partial charge in [-0.3, -0.25) is 4.79 Å². The van der Waals surface area contributed by atoms with Crippen LogP contribution in [0.5, 0.6) is 0 Å². The standard InChI is InChI=1S/C11H13F3N2OS/c1-7(6-15)10(17)16-8-4-2-3-5-9(8)18-11(12,13)14/h2-5,7H,6,15H2,1H3,(H,16,17). The third kappa shape index (κ3) is 4.58. The number of rotatable bonds is 4. The van der Waals surface area contributed by atoms with Gasteiger partial charge in [0, 0.05) is 17.4 Å². The van der Waals surface area contributed by atoms with Gasteiger partial charge in [-0.1, -0.05) is 19.1 Å². The highest BCUT2D eigenvalue weighted by molar-refractivity contribution is 8.00. The van der Waals surface area contributed by atoms with Crippen molar-refractivity contribution in [2.24, 2.45) is 11.7 Å². The van der Waals surface area contributed by atoms with Crippen LogP contribution in [0.15, 0.2) is 29.2 Å². The van der Waals surface area contributed by atoms with Gasteiger partial charge in [0.15, 0.2) is 0 Å². The number of nitrogens with one attached hydrogen (secondary N) is 1. The minimum atomic E-state index is -4.39. The van der Waals surface area contributed by atoms with Crippen molar-refractivity contribution in [1.82, 2.24) is 0 Å². The highest BCUT2D eigenvalue weighted by atomic mass is 32.2. The zero-order chi connectivity index (χ0) is 13.8. The number of carbonyl (C=O) groups excluding carboxylic acids is 1. The number of hydrogen-bond donors (Lipinski definition) is 2. The number of carbonyl (C=O) groups is 1. The van der Waals surface area contributed by atoms with E-state index in [0.717, 1.165) is 0 Å². The Hall–Kier alpha value is -1.21. The number of halogens is 3. The van der Waals surface area contributed by atoms with E-state index in [1.165, 1.54) is 18.2 Å². The molecule has 18 heavy (non-hydrogen) atoms. The van der Waals surface area contributed by atoms with Crippen LogP contribution in [0.1, 0.15) is 6.92 Å². The van der Waals surface area contributed by atoms with Crippen molar-refractivity contribution in [3.8, 4) is 0 Å². The minimum Gasteiger partial charge on any atom is -0.330 e. The van der Waals surface area contributed by atoms with Crippen molar-refractivity contribution in [2.75, 3.05) is 11.9 Å². The highest BCUT2D eigenvalue weighted by Gasteiger charge is 2.30. The molecule has 0 bridgehead atoms. The number of hydrogen-bond acceptors (Lipinski definition) is 3. The predicted octanol–water partition coefficient (Wildman–Crippen LogP) is 2.83. The summed E-state index contributed by atoms with van der Waals surface area (Å²) in [6.45, 7) is 1.75. The average Bonchev–Trinajstić information content (AvgIpc) is 2.28. The molecule has 1 amide bonds. The zero-order valence-corrected chi connectivity index (χ0v) is 10.4. The van der Waals surface area contributed by atoms with Gasteiger partial charge in [-0.25, -0.2) is 0 Å². The molecule has 0 saturated carbocycles. The maximum absolute atomic E-state index is 12.3. The Morgan fingerprint density at radius 1 is 1.44 bits per heavy atom. The summed E-state index contributed by atoms with van der Waals surface area (Å²) in [6.07, 6.45) is 0. The molecule has 7 heteroatoms. The van der Waals surface area contributed by atoms with E-state index in [-0.39, 0.29) is 28.9 Å². The van der Waals surface area contributed by atoms with E-state index in [1.807, 2.05) is 0 Å². The van der Waals surface area contributed by atoms with Gasteiger partial charge in [0.2, 0.25) is 5.91 Å². The molecule has 0 aliphatic rings. The summed E-state index contributed by atoms with van der Waals surface area (Å²) in [5, 5.41) is 2.44. The van der Waals surface area contributed by atoms with Crippen LogP contribution in [0.25, 0.3) is 0 Å². The molecule has 0 spiro atoms. The molecule has 0 radical (unpaired) electrons. The fourth-order valence-electron chi connectivity index (χ4n) is 1.15. The van der Waals surface area contributed by atoms with Crippen LogP contribution in [-0.4, -0.2) is 18.0 Å². The molecule has 3 nitrogen and oxygen atoms in total. The van der Waals surface area contributed by atoms with Gasteiger partial charge in [0.1, 0.15) is 0 Å². The average molecular weight is 278 g/mol. The second-order valence-corrected chi connectivity index (χ2v) is 4.78. The molecule has 100 valence electrons. The molecule has 0 aliphatic carbocycles. The van der Waals surface area contributed by atoms with E-state index in [0.29, 0.717) is 0 Å². The Labute approximate surface area is 107 Å². The number of anilines is 1. The molecule has 3 N–H and O–H groups in total. The highest BCUT2D eigenvalue weighted by Crippen LogP contribution is 2.40. The lowest BCUT2D eigenvalue weighted by Crippen LogP contribution is -2.26. The van der Waals surface area contributed by atoms with Crippen molar-refractivity contribution in [3.63, 3.8) is 0 Å². The summed E-state index contributed by atoms with van der Waals surface area (Å²) in [6, 6.07) is 5.77. The van der Waals surface area contributed by atoms with Gasteiger partial charge in [0.25, 0.3) is 0 Å². The summed E-state index contributed by atoms with van der Waals surface area (Å²) in [4.78, 5) is 11.5. The monoisotopic (exact) mass is 278 g/mol. The molecule has 0 heterocycles. The van der Waals surface area contributed by atoms with Crippen molar-refractivity contribution < 1.29 is 18.0 Å². The molecule has 1 unspecified atom stereocenters. The Morgan fingerprint density at radius 3 is 2.61 bits per heavy atom. The van der Waals surface area contributed by atoms with Crippen LogP contribution in [0.4, 0.5) is 18.9 Å². The lowest BCUT2D eigenvalue weighted by Gasteiger charge is -2.14. The summed E-state index contributed by atoms with van der Waals surface area (Å²) >= 11 is -0.257. The first-order chi connectivity index (χ1) is 8.33. The third-order valence-corrected chi connectivity index (χ3v) is 2.98. The van der Waals surface area contributed by atoms with Crippen LogP contribution >= 0.6 is 11.8 Å².